The SMILES string of the molecule is COc1ccc(C(Nc2nc(C)cc(C)n2)c2cc(C)sc2NC(=O)c2ccccc2)cc1. The molecule has 2 aromatic heterocycles. The quantitative estimate of drug-likeness (QED) is 0.359. The first-order valence-electron chi connectivity index (χ1n) is 10.6. The van der Waals surface area contributed by atoms with Crippen LogP contribution in [-0.4, -0.2) is 23.0 Å². The molecule has 2 N–H and O–H groups in total. The van der Waals surface area contributed by atoms with Crippen molar-refractivity contribution in [3.8, 4) is 5.75 Å². The smallest absolute Gasteiger partial charge is 0.256 e. The van der Waals surface area contributed by atoms with E-state index in [9.17, 15) is 4.79 Å². The summed E-state index contributed by atoms with van der Waals surface area (Å²) in [5.74, 6) is 1.17. The highest BCUT2D eigenvalue weighted by molar-refractivity contribution is 7.16. The maximum absolute atomic E-state index is 12.9. The number of nitrogens with one attached hydrogen (secondary N) is 2. The highest BCUT2D eigenvalue weighted by Gasteiger charge is 2.23. The van der Waals surface area contributed by atoms with E-state index >= 15 is 0 Å². The van der Waals surface area contributed by atoms with Crippen LogP contribution in [0.4, 0.5) is 10.9 Å². The van der Waals surface area contributed by atoms with Crippen molar-refractivity contribution in [2.75, 3.05) is 17.7 Å². The fourth-order valence-corrected chi connectivity index (χ4v) is 4.61. The summed E-state index contributed by atoms with van der Waals surface area (Å²) in [5.41, 5.74) is 4.34. The van der Waals surface area contributed by atoms with Gasteiger partial charge in [0, 0.05) is 27.4 Å². The molecule has 2 aromatic carbocycles. The van der Waals surface area contributed by atoms with Crippen molar-refractivity contribution in [1.29, 1.82) is 0 Å². The molecule has 0 radical (unpaired) electrons. The third kappa shape index (κ3) is 5.38. The number of benzene rings is 2. The lowest BCUT2D eigenvalue weighted by Crippen LogP contribution is -2.18. The number of methoxy groups -OCH3 is 1. The Bertz CT molecular complexity index is 1230. The summed E-state index contributed by atoms with van der Waals surface area (Å²) in [5, 5.41) is 7.38. The summed E-state index contributed by atoms with van der Waals surface area (Å²) < 4.78 is 5.33. The number of aromatic nitrogens is 2. The lowest BCUT2D eigenvalue weighted by atomic mass is 10.00. The summed E-state index contributed by atoms with van der Waals surface area (Å²) in [6, 6.07) is 20.8. The second kappa shape index (κ2) is 9.83. The van der Waals surface area contributed by atoms with Crippen LogP contribution >= 0.6 is 11.3 Å². The number of hydrogen-bond acceptors (Lipinski definition) is 6. The van der Waals surface area contributed by atoms with Crippen molar-refractivity contribution in [3.05, 3.63) is 99.7 Å². The molecular weight excluding hydrogens is 432 g/mol. The highest BCUT2D eigenvalue weighted by Crippen LogP contribution is 2.38. The molecule has 0 aliphatic heterocycles. The first-order valence-corrected chi connectivity index (χ1v) is 11.4. The van der Waals surface area contributed by atoms with Gasteiger partial charge in [-0.05, 0) is 62.7 Å². The average molecular weight is 459 g/mol. The van der Waals surface area contributed by atoms with Crippen molar-refractivity contribution in [2.45, 2.75) is 26.8 Å². The number of thiophene rings is 1. The number of carbonyl (C=O) groups is 1. The number of aryl methyl sites for hydroxylation is 3. The van der Waals surface area contributed by atoms with Crippen molar-refractivity contribution in [3.63, 3.8) is 0 Å². The number of anilines is 2. The third-order valence-electron chi connectivity index (χ3n) is 5.16. The fourth-order valence-electron chi connectivity index (χ4n) is 3.67. The van der Waals surface area contributed by atoms with Crippen LogP contribution in [0.3, 0.4) is 0 Å². The van der Waals surface area contributed by atoms with Crippen molar-refractivity contribution in [2.24, 2.45) is 0 Å². The molecule has 0 aliphatic carbocycles. The first kappa shape index (κ1) is 22.5. The van der Waals surface area contributed by atoms with Gasteiger partial charge in [-0.3, -0.25) is 4.79 Å². The zero-order valence-corrected chi connectivity index (χ0v) is 19.9. The van der Waals surface area contributed by atoms with E-state index in [1.807, 2.05) is 69.3 Å². The predicted molar refractivity (Wildman–Crippen MR) is 133 cm³/mol. The minimum atomic E-state index is -0.270. The average Bonchev–Trinajstić information content (AvgIpc) is 3.17. The summed E-state index contributed by atoms with van der Waals surface area (Å²) in [6.07, 6.45) is 0. The molecule has 0 spiro atoms. The zero-order chi connectivity index (χ0) is 23.4. The predicted octanol–water partition coefficient (Wildman–Crippen LogP) is 5.93. The van der Waals surface area contributed by atoms with Gasteiger partial charge in [-0.15, -0.1) is 11.3 Å². The highest BCUT2D eigenvalue weighted by atomic mass is 32.1. The topological polar surface area (TPSA) is 76.1 Å². The third-order valence-corrected chi connectivity index (χ3v) is 6.14. The second-order valence-electron chi connectivity index (χ2n) is 7.79. The summed E-state index contributed by atoms with van der Waals surface area (Å²) >= 11 is 1.55. The van der Waals surface area contributed by atoms with Crippen LogP contribution in [0.15, 0.2) is 66.7 Å². The lowest BCUT2D eigenvalue weighted by Gasteiger charge is -2.21. The molecule has 1 atom stereocenters. The number of hydrogen-bond donors (Lipinski definition) is 2. The van der Waals surface area contributed by atoms with Gasteiger partial charge in [-0.1, -0.05) is 30.3 Å². The van der Waals surface area contributed by atoms with Crippen LogP contribution in [0, 0.1) is 20.8 Å². The molecule has 4 rings (SSSR count). The van der Waals surface area contributed by atoms with Crippen molar-refractivity contribution in [1.82, 2.24) is 9.97 Å². The van der Waals surface area contributed by atoms with E-state index in [4.69, 9.17) is 4.74 Å². The Morgan fingerprint density at radius 2 is 1.61 bits per heavy atom. The van der Waals surface area contributed by atoms with E-state index in [2.05, 4.69) is 26.7 Å². The Balaban J connectivity index is 1.74. The van der Waals surface area contributed by atoms with Crippen LogP contribution in [0.5, 0.6) is 5.75 Å². The van der Waals surface area contributed by atoms with Gasteiger partial charge in [0.1, 0.15) is 10.8 Å². The molecule has 7 heteroatoms. The summed E-state index contributed by atoms with van der Waals surface area (Å²) in [6.45, 7) is 5.93. The molecule has 0 saturated heterocycles. The Kier molecular flexibility index (Phi) is 6.70. The van der Waals surface area contributed by atoms with Crippen molar-refractivity contribution < 1.29 is 9.53 Å². The summed E-state index contributed by atoms with van der Waals surface area (Å²) in [7, 11) is 1.65. The molecule has 2 heterocycles. The van der Waals surface area contributed by atoms with Crippen LogP contribution in [0.2, 0.25) is 0 Å². The minimum Gasteiger partial charge on any atom is -0.497 e. The number of amides is 1. The van der Waals surface area contributed by atoms with E-state index in [0.29, 0.717) is 11.5 Å². The number of ether oxygens (including phenoxy) is 1. The Labute approximate surface area is 197 Å². The molecule has 0 saturated carbocycles. The van der Waals surface area contributed by atoms with E-state index in [1.54, 1.807) is 30.6 Å². The number of nitrogens with zero attached hydrogens (tertiary/aromatic N) is 2. The van der Waals surface area contributed by atoms with Crippen LogP contribution in [0.1, 0.15) is 43.8 Å². The van der Waals surface area contributed by atoms with Gasteiger partial charge in [-0.2, -0.15) is 0 Å². The van der Waals surface area contributed by atoms with Gasteiger partial charge in [0.05, 0.1) is 13.2 Å². The maximum Gasteiger partial charge on any atom is 0.256 e. The molecule has 4 aromatic rings. The Hall–Kier alpha value is -3.71. The largest absolute Gasteiger partial charge is 0.497 e. The molecule has 0 bridgehead atoms. The summed E-state index contributed by atoms with van der Waals surface area (Å²) in [4.78, 5) is 23.1. The van der Waals surface area contributed by atoms with Gasteiger partial charge in [0.25, 0.3) is 5.91 Å². The van der Waals surface area contributed by atoms with Crippen LogP contribution in [-0.2, 0) is 0 Å². The zero-order valence-electron chi connectivity index (χ0n) is 19.0. The van der Waals surface area contributed by atoms with Gasteiger partial charge >= 0.3 is 0 Å². The van der Waals surface area contributed by atoms with Crippen molar-refractivity contribution >= 4 is 28.2 Å². The number of carbonyl (C=O) groups excluding carboxylic acids is 1. The molecule has 1 unspecified atom stereocenters. The van der Waals surface area contributed by atoms with Gasteiger partial charge in [0.2, 0.25) is 5.95 Å². The van der Waals surface area contributed by atoms with Crippen LogP contribution in [0.25, 0.3) is 0 Å². The molecule has 168 valence electrons. The van der Waals surface area contributed by atoms with Gasteiger partial charge < -0.3 is 15.4 Å². The van der Waals surface area contributed by atoms with E-state index in [0.717, 1.165) is 38.1 Å². The molecule has 1 amide bonds. The monoisotopic (exact) mass is 458 g/mol. The molecular formula is C26H26N4O2S. The van der Waals surface area contributed by atoms with Gasteiger partial charge in [0.15, 0.2) is 0 Å². The number of rotatable bonds is 7. The van der Waals surface area contributed by atoms with E-state index < -0.39 is 0 Å². The first-order chi connectivity index (χ1) is 15.9. The minimum absolute atomic E-state index is 0.144. The van der Waals surface area contributed by atoms with E-state index in [-0.39, 0.29) is 11.9 Å². The Morgan fingerprint density at radius 1 is 0.939 bits per heavy atom. The lowest BCUT2D eigenvalue weighted by molar-refractivity contribution is 0.102. The second-order valence-corrected chi connectivity index (χ2v) is 9.04. The van der Waals surface area contributed by atoms with Crippen LogP contribution < -0.4 is 15.4 Å². The molecule has 0 fully saturated rings. The fraction of sp³-hybridized carbons (Fsp3) is 0.192. The maximum atomic E-state index is 12.9. The Morgan fingerprint density at radius 3 is 2.24 bits per heavy atom. The molecule has 6 nitrogen and oxygen atoms in total. The molecule has 33 heavy (non-hydrogen) atoms. The normalized spacial score (nSPS) is 11.6. The van der Waals surface area contributed by atoms with Gasteiger partial charge in [-0.25, -0.2) is 9.97 Å². The van der Waals surface area contributed by atoms with E-state index in [1.165, 1.54) is 0 Å². The standard InChI is InChI=1S/C26H26N4O2S/c1-16-14-17(2)28-26(27-16)29-23(19-10-12-21(32-4)13-11-19)22-15-18(3)33-25(22)30-24(31)20-8-6-5-7-9-20/h5-15,23H,1-4H3,(H,30,31)(H,27,28,29). The molecule has 0 aliphatic rings.